The van der Waals surface area contributed by atoms with E-state index in [1.54, 1.807) is 7.11 Å². The van der Waals surface area contributed by atoms with Gasteiger partial charge in [0.05, 0.1) is 12.8 Å². The zero-order valence-corrected chi connectivity index (χ0v) is 19.3. The highest BCUT2D eigenvalue weighted by atomic mass is 16.5. The number of anilines is 1. The minimum Gasteiger partial charge on any atom is -0.497 e. The van der Waals surface area contributed by atoms with Gasteiger partial charge >= 0.3 is 0 Å². The predicted octanol–water partition coefficient (Wildman–Crippen LogP) is 4.33. The zero-order chi connectivity index (χ0) is 22.7. The Morgan fingerprint density at radius 1 is 0.906 bits per heavy atom. The quantitative estimate of drug-likeness (QED) is 0.534. The molecule has 0 radical (unpaired) electrons. The second kappa shape index (κ2) is 9.15. The number of rotatable bonds is 8. The van der Waals surface area contributed by atoms with Gasteiger partial charge in [-0.3, -0.25) is 4.79 Å². The molecule has 1 aliphatic heterocycles. The van der Waals surface area contributed by atoms with Crippen molar-refractivity contribution in [1.82, 2.24) is 9.91 Å². The second-order valence-electron chi connectivity index (χ2n) is 8.63. The summed E-state index contributed by atoms with van der Waals surface area (Å²) in [6.45, 7) is 1.40. The molecule has 0 N–H and O–H groups in total. The van der Waals surface area contributed by atoms with Crippen LogP contribution in [0.5, 0.6) is 5.75 Å². The molecule has 3 aromatic rings. The lowest BCUT2D eigenvalue weighted by Gasteiger charge is -2.33. The van der Waals surface area contributed by atoms with E-state index in [-0.39, 0.29) is 5.91 Å². The number of ether oxygens (including phenoxy) is 1. The number of amides is 1. The second-order valence-corrected chi connectivity index (χ2v) is 8.63. The summed E-state index contributed by atoms with van der Waals surface area (Å²) in [4.78, 5) is 16.4. The molecule has 0 fully saturated rings. The zero-order valence-electron chi connectivity index (χ0n) is 19.3. The molecule has 1 amide bonds. The largest absolute Gasteiger partial charge is 0.497 e. The Hall–Kier alpha value is -3.15. The van der Waals surface area contributed by atoms with E-state index >= 15 is 0 Å². The van der Waals surface area contributed by atoms with E-state index in [1.807, 2.05) is 65.6 Å². The fourth-order valence-corrected chi connectivity index (χ4v) is 4.65. The summed E-state index contributed by atoms with van der Waals surface area (Å²) in [6.07, 6.45) is 0.712. The molecule has 1 aliphatic rings. The maximum Gasteiger partial charge on any atom is 0.256 e. The molecular weight excluding hydrogens is 398 g/mol. The van der Waals surface area contributed by atoms with Gasteiger partial charge < -0.3 is 9.64 Å². The third kappa shape index (κ3) is 3.90. The van der Waals surface area contributed by atoms with Gasteiger partial charge in [0, 0.05) is 13.6 Å². The van der Waals surface area contributed by atoms with Crippen LogP contribution in [0.4, 0.5) is 5.69 Å². The van der Waals surface area contributed by atoms with Crippen molar-refractivity contribution in [2.45, 2.75) is 18.4 Å². The standard InChI is InChI=1S/C27H31N3O2/c1-28(2)18-17-27(22-12-6-5-7-13-22)24-15-8-9-16-25(24)30(26(27)31)29(3)20-21-11-10-14-23(19-21)32-4/h5-16,19H,17-18,20H2,1-4H3/t27-/m0/s1. The van der Waals surface area contributed by atoms with Crippen molar-refractivity contribution in [2.75, 3.05) is 39.8 Å². The first-order valence-corrected chi connectivity index (χ1v) is 11.0. The van der Waals surface area contributed by atoms with Gasteiger partial charge in [-0.2, -0.15) is 0 Å². The Morgan fingerprint density at radius 2 is 1.62 bits per heavy atom. The lowest BCUT2D eigenvalue weighted by molar-refractivity contribution is -0.124. The number of hydrogen-bond acceptors (Lipinski definition) is 4. The summed E-state index contributed by atoms with van der Waals surface area (Å²) in [5.41, 5.74) is 3.42. The maximum absolute atomic E-state index is 14.3. The highest BCUT2D eigenvalue weighted by molar-refractivity contribution is 6.09. The molecule has 0 aromatic heterocycles. The average Bonchev–Trinajstić information content (AvgIpc) is 3.07. The van der Waals surface area contributed by atoms with Gasteiger partial charge in [-0.05, 0) is 62.0 Å². The van der Waals surface area contributed by atoms with Crippen molar-refractivity contribution in [3.63, 3.8) is 0 Å². The van der Waals surface area contributed by atoms with Crippen LogP contribution in [0.2, 0.25) is 0 Å². The SMILES string of the molecule is COc1cccc(CN(C)N2C(=O)[C@@](CCN(C)C)(c3ccccc3)c3ccccc32)c1. The molecule has 0 aliphatic carbocycles. The molecule has 5 heteroatoms. The highest BCUT2D eigenvalue weighted by Crippen LogP contribution is 2.48. The van der Waals surface area contributed by atoms with Crippen molar-refractivity contribution >= 4 is 11.6 Å². The van der Waals surface area contributed by atoms with Crippen molar-refractivity contribution in [2.24, 2.45) is 0 Å². The van der Waals surface area contributed by atoms with Crippen LogP contribution < -0.4 is 9.75 Å². The molecule has 32 heavy (non-hydrogen) atoms. The molecule has 5 nitrogen and oxygen atoms in total. The fraction of sp³-hybridized carbons (Fsp3) is 0.296. The highest BCUT2D eigenvalue weighted by Gasteiger charge is 2.52. The van der Waals surface area contributed by atoms with Gasteiger partial charge in [0.25, 0.3) is 5.91 Å². The summed E-state index contributed by atoms with van der Waals surface area (Å²) >= 11 is 0. The molecule has 3 aromatic carbocycles. The molecule has 0 saturated heterocycles. The van der Waals surface area contributed by atoms with Gasteiger partial charge in [-0.15, -0.1) is 0 Å². The first-order valence-electron chi connectivity index (χ1n) is 11.0. The van der Waals surface area contributed by atoms with Gasteiger partial charge in [0.15, 0.2) is 0 Å². The first kappa shape index (κ1) is 22.1. The van der Waals surface area contributed by atoms with Crippen LogP contribution in [0.3, 0.4) is 0 Å². The van der Waals surface area contributed by atoms with E-state index in [2.05, 4.69) is 49.3 Å². The van der Waals surface area contributed by atoms with Crippen LogP contribution in [0.1, 0.15) is 23.1 Å². The Labute approximate surface area is 190 Å². The number of carbonyl (C=O) groups is 1. The Balaban J connectivity index is 1.77. The minimum atomic E-state index is -0.717. The third-order valence-corrected chi connectivity index (χ3v) is 6.24. The lowest BCUT2D eigenvalue weighted by Crippen LogP contribution is -2.49. The smallest absolute Gasteiger partial charge is 0.256 e. The molecule has 166 valence electrons. The number of para-hydroxylation sites is 1. The van der Waals surface area contributed by atoms with Crippen molar-refractivity contribution in [1.29, 1.82) is 0 Å². The molecule has 0 saturated carbocycles. The van der Waals surface area contributed by atoms with Crippen molar-refractivity contribution < 1.29 is 9.53 Å². The number of benzene rings is 3. The third-order valence-electron chi connectivity index (χ3n) is 6.24. The minimum absolute atomic E-state index is 0.0946. The first-order chi connectivity index (χ1) is 15.5. The topological polar surface area (TPSA) is 36.0 Å². The molecular formula is C27H31N3O2. The van der Waals surface area contributed by atoms with Crippen LogP contribution in [0.25, 0.3) is 0 Å². The normalized spacial score (nSPS) is 17.8. The number of hydrogen-bond donors (Lipinski definition) is 0. The van der Waals surface area contributed by atoms with E-state index in [9.17, 15) is 4.79 Å². The number of carbonyl (C=O) groups excluding carboxylic acids is 1. The molecule has 1 heterocycles. The molecule has 1 atom stereocenters. The number of methoxy groups -OCH3 is 1. The molecule has 0 bridgehead atoms. The van der Waals surface area contributed by atoms with E-state index < -0.39 is 5.41 Å². The molecule has 0 unspecified atom stereocenters. The van der Waals surface area contributed by atoms with Crippen LogP contribution in [-0.4, -0.2) is 50.6 Å². The lowest BCUT2D eigenvalue weighted by atomic mass is 9.73. The van der Waals surface area contributed by atoms with Crippen molar-refractivity contribution in [3.8, 4) is 5.75 Å². The van der Waals surface area contributed by atoms with Crippen LogP contribution >= 0.6 is 0 Å². The number of nitrogens with zero attached hydrogens (tertiary/aromatic N) is 3. The van der Waals surface area contributed by atoms with Crippen LogP contribution in [0, 0.1) is 0 Å². The molecule has 4 rings (SSSR count). The number of hydrazine groups is 1. The summed E-state index contributed by atoms with van der Waals surface area (Å²) in [6, 6.07) is 26.4. The van der Waals surface area contributed by atoms with E-state index in [4.69, 9.17) is 4.74 Å². The van der Waals surface area contributed by atoms with Crippen LogP contribution in [-0.2, 0) is 16.8 Å². The molecule has 0 spiro atoms. The summed E-state index contributed by atoms with van der Waals surface area (Å²) in [7, 11) is 7.75. The average molecular weight is 430 g/mol. The predicted molar refractivity (Wildman–Crippen MR) is 129 cm³/mol. The summed E-state index contributed by atoms with van der Waals surface area (Å²) < 4.78 is 5.38. The van der Waals surface area contributed by atoms with Crippen LogP contribution in [0.15, 0.2) is 78.9 Å². The van der Waals surface area contributed by atoms with Gasteiger partial charge in [-0.1, -0.05) is 60.7 Å². The van der Waals surface area contributed by atoms with Gasteiger partial charge in [-0.25, -0.2) is 10.0 Å². The van der Waals surface area contributed by atoms with E-state index in [1.165, 1.54) is 0 Å². The van der Waals surface area contributed by atoms with E-state index in [0.29, 0.717) is 13.0 Å². The monoisotopic (exact) mass is 429 g/mol. The Morgan fingerprint density at radius 3 is 2.34 bits per heavy atom. The maximum atomic E-state index is 14.3. The Kier molecular flexibility index (Phi) is 6.31. The number of fused-ring (bicyclic) bond motifs is 1. The van der Waals surface area contributed by atoms with Gasteiger partial charge in [0.1, 0.15) is 11.2 Å². The summed E-state index contributed by atoms with van der Waals surface area (Å²) in [5, 5.41) is 3.87. The van der Waals surface area contributed by atoms with Crippen molar-refractivity contribution in [3.05, 3.63) is 95.6 Å². The van der Waals surface area contributed by atoms with Gasteiger partial charge in [0.2, 0.25) is 0 Å². The summed E-state index contributed by atoms with van der Waals surface area (Å²) in [5.74, 6) is 0.908. The van der Waals surface area contributed by atoms with E-state index in [0.717, 1.165) is 34.7 Å². The fourth-order valence-electron chi connectivity index (χ4n) is 4.65. The Bertz CT molecular complexity index is 1080.